The highest BCUT2D eigenvalue weighted by molar-refractivity contribution is 6.24. The van der Waals surface area contributed by atoms with Gasteiger partial charge in [-0.25, -0.2) is 0 Å². The summed E-state index contributed by atoms with van der Waals surface area (Å²) in [4.78, 5) is 48.0. The van der Waals surface area contributed by atoms with Crippen LogP contribution in [0.5, 0.6) is 0 Å². The van der Waals surface area contributed by atoms with Crippen LogP contribution < -0.4 is 5.32 Å². The van der Waals surface area contributed by atoms with Crippen LogP contribution in [0.15, 0.2) is 18.2 Å². The highest BCUT2D eigenvalue weighted by Crippen LogP contribution is 2.27. The van der Waals surface area contributed by atoms with Crippen molar-refractivity contribution in [2.24, 2.45) is 0 Å². The summed E-state index contributed by atoms with van der Waals surface area (Å²) in [6, 6.07) is 3.89. The molecule has 2 aliphatic rings. The van der Waals surface area contributed by atoms with Crippen LogP contribution in [0.25, 0.3) is 0 Å². The van der Waals surface area contributed by atoms with Gasteiger partial charge in [-0.15, -0.1) is 0 Å². The highest BCUT2D eigenvalue weighted by atomic mass is 16.2. The average Bonchev–Trinajstić information content (AvgIpc) is 2.78. The van der Waals surface area contributed by atoms with E-state index in [1.54, 1.807) is 18.2 Å². The van der Waals surface area contributed by atoms with Crippen LogP contribution in [-0.2, 0) is 9.59 Å². The van der Waals surface area contributed by atoms with Crippen molar-refractivity contribution in [3.63, 3.8) is 0 Å². The molecule has 2 heterocycles. The van der Waals surface area contributed by atoms with E-state index in [0.29, 0.717) is 0 Å². The first kappa shape index (κ1) is 11.6. The molecular formula is C13H10N2O4. The molecule has 1 aromatic carbocycles. The Morgan fingerprint density at radius 3 is 2.42 bits per heavy atom. The molecule has 1 aromatic rings. The van der Waals surface area contributed by atoms with E-state index in [4.69, 9.17) is 0 Å². The van der Waals surface area contributed by atoms with Gasteiger partial charge in [-0.2, -0.15) is 0 Å². The van der Waals surface area contributed by atoms with Crippen LogP contribution in [0, 0.1) is 6.92 Å². The number of fused-ring (bicyclic) bond motifs is 1. The molecule has 1 fully saturated rings. The molecule has 6 nitrogen and oxygen atoms in total. The molecule has 0 aliphatic carbocycles. The van der Waals surface area contributed by atoms with Gasteiger partial charge >= 0.3 is 0 Å². The summed E-state index contributed by atoms with van der Waals surface area (Å²) in [6.45, 7) is 1.81. The van der Waals surface area contributed by atoms with Crippen molar-refractivity contribution < 1.29 is 19.2 Å². The smallest absolute Gasteiger partial charge is 0.262 e. The number of amides is 4. The summed E-state index contributed by atoms with van der Waals surface area (Å²) in [5.41, 5.74) is 1.42. The van der Waals surface area contributed by atoms with Gasteiger partial charge in [0.15, 0.2) is 0 Å². The second-order valence-electron chi connectivity index (χ2n) is 4.66. The van der Waals surface area contributed by atoms with E-state index < -0.39 is 29.7 Å². The molecule has 19 heavy (non-hydrogen) atoms. The predicted molar refractivity (Wildman–Crippen MR) is 63.2 cm³/mol. The Bertz CT molecular complexity index is 650. The molecule has 2 aliphatic heterocycles. The van der Waals surface area contributed by atoms with Crippen LogP contribution in [0.2, 0.25) is 0 Å². The molecule has 4 amide bonds. The number of carbonyl (C=O) groups excluding carboxylic acids is 4. The number of rotatable bonds is 1. The summed E-state index contributed by atoms with van der Waals surface area (Å²) < 4.78 is 0. The first-order valence-corrected chi connectivity index (χ1v) is 5.81. The molecule has 0 spiro atoms. The maximum Gasteiger partial charge on any atom is 0.262 e. The van der Waals surface area contributed by atoms with Crippen LogP contribution in [0.3, 0.4) is 0 Å². The molecular weight excluding hydrogens is 248 g/mol. The summed E-state index contributed by atoms with van der Waals surface area (Å²) >= 11 is 0. The predicted octanol–water partition coefficient (Wildman–Crippen LogP) is 0.00612. The topological polar surface area (TPSA) is 83.6 Å². The zero-order valence-corrected chi connectivity index (χ0v) is 10.1. The molecule has 0 radical (unpaired) electrons. The Labute approximate surface area is 108 Å². The molecule has 1 saturated heterocycles. The van der Waals surface area contributed by atoms with Crippen molar-refractivity contribution in [1.29, 1.82) is 0 Å². The average molecular weight is 258 g/mol. The standard InChI is InChI=1S/C13H10N2O4/c1-6-2-3-7-8(4-6)13(19)15(12(7)18)9-5-10(16)14-11(9)17/h2-4,9H,5H2,1H3,(H,14,16,17). The Morgan fingerprint density at radius 1 is 1.11 bits per heavy atom. The van der Waals surface area contributed by atoms with Gasteiger partial charge in [0, 0.05) is 0 Å². The largest absolute Gasteiger partial charge is 0.295 e. The fourth-order valence-corrected chi connectivity index (χ4v) is 2.40. The van der Waals surface area contributed by atoms with Crippen LogP contribution in [0.4, 0.5) is 0 Å². The minimum atomic E-state index is -1.03. The van der Waals surface area contributed by atoms with Crippen molar-refractivity contribution in [3.05, 3.63) is 34.9 Å². The second kappa shape index (κ2) is 3.74. The first-order valence-electron chi connectivity index (χ1n) is 5.81. The third-order valence-electron chi connectivity index (χ3n) is 3.33. The quantitative estimate of drug-likeness (QED) is 0.719. The SMILES string of the molecule is Cc1ccc2c(c1)C(=O)N(C1CC(=O)NC1=O)C2=O. The minimum Gasteiger partial charge on any atom is -0.295 e. The van der Waals surface area contributed by atoms with Crippen molar-refractivity contribution in [3.8, 4) is 0 Å². The molecule has 6 heteroatoms. The third-order valence-corrected chi connectivity index (χ3v) is 3.33. The van der Waals surface area contributed by atoms with E-state index in [0.717, 1.165) is 10.5 Å². The number of carbonyl (C=O) groups is 4. The second-order valence-corrected chi connectivity index (χ2v) is 4.66. The highest BCUT2D eigenvalue weighted by Gasteiger charge is 2.46. The molecule has 1 unspecified atom stereocenters. The van der Waals surface area contributed by atoms with Gasteiger partial charge < -0.3 is 0 Å². The lowest BCUT2D eigenvalue weighted by Crippen LogP contribution is -2.44. The fraction of sp³-hybridized carbons (Fsp3) is 0.231. The Kier molecular flexibility index (Phi) is 2.28. The monoisotopic (exact) mass is 258 g/mol. The minimum absolute atomic E-state index is 0.163. The Hall–Kier alpha value is -2.50. The van der Waals surface area contributed by atoms with Gasteiger partial charge in [-0.05, 0) is 19.1 Å². The lowest BCUT2D eigenvalue weighted by molar-refractivity contribution is -0.125. The molecule has 0 saturated carbocycles. The van der Waals surface area contributed by atoms with Gasteiger partial charge in [-0.1, -0.05) is 11.6 Å². The zero-order chi connectivity index (χ0) is 13.7. The zero-order valence-electron chi connectivity index (χ0n) is 10.1. The maximum absolute atomic E-state index is 12.2. The van der Waals surface area contributed by atoms with E-state index >= 15 is 0 Å². The summed E-state index contributed by atoms with van der Waals surface area (Å²) in [6.07, 6.45) is -0.163. The number of nitrogens with zero attached hydrogens (tertiary/aromatic N) is 1. The van der Waals surface area contributed by atoms with E-state index in [2.05, 4.69) is 5.32 Å². The number of benzene rings is 1. The number of nitrogens with one attached hydrogen (secondary N) is 1. The van der Waals surface area contributed by atoms with E-state index in [1.807, 2.05) is 6.92 Å². The number of hydrogen-bond donors (Lipinski definition) is 1. The molecule has 0 bridgehead atoms. The van der Waals surface area contributed by atoms with Gasteiger partial charge in [-0.3, -0.25) is 29.4 Å². The maximum atomic E-state index is 12.2. The van der Waals surface area contributed by atoms with Crippen molar-refractivity contribution >= 4 is 23.6 Å². The lowest BCUT2D eigenvalue weighted by atomic mass is 10.1. The van der Waals surface area contributed by atoms with Crippen LogP contribution in [-0.4, -0.2) is 34.6 Å². The number of aryl methyl sites for hydroxylation is 1. The normalized spacial score (nSPS) is 21.9. The van der Waals surface area contributed by atoms with E-state index in [-0.39, 0.29) is 17.5 Å². The van der Waals surface area contributed by atoms with Crippen LogP contribution in [0.1, 0.15) is 32.7 Å². The van der Waals surface area contributed by atoms with Crippen LogP contribution >= 0.6 is 0 Å². The van der Waals surface area contributed by atoms with Gasteiger partial charge in [0.05, 0.1) is 17.5 Å². The Morgan fingerprint density at radius 2 is 1.79 bits per heavy atom. The van der Waals surface area contributed by atoms with Crippen molar-refractivity contribution in [2.75, 3.05) is 0 Å². The number of hydrogen-bond acceptors (Lipinski definition) is 4. The third kappa shape index (κ3) is 1.56. The summed E-state index contributed by atoms with van der Waals surface area (Å²) in [5.74, 6) is -2.10. The first-order chi connectivity index (χ1) is 8.99. The fourth-order valence-electron chi connectivity index (χ4n) is 2.40. The Balaban J connectivity index is 2.03. The molecule has 1 atom stereocenters. The molecule has 0 aromatic heterocycles. The van der Waals surface area contributed by atoms with Gasteiger partial charge in [0.2, 0.25) is 11.8 Å². The summed E-state index contributed by atoms with van der Waals surface area (Å²) in [5, 5.41) is 2.10. The van der Waals surface area contributed by atoms with E-state index in [1.165, 1.54) is 0 Å². The number of imide groups is 2. The lowest BCUT2D eigenvalue weighted by Gasteiger charge is -2.18. The van der Waals surface area contributed by atoms with Gasteiger partial charge in [0.25, 0.3) is 11.8 Å². The van der Waals surface area contributed by atoms with Gasteiger partial charge in [0.1, 0.15) is 6.04 Å². The molecule has 96 valence electrons. The molecule has 1 N–H and O–H groups in total. The molecule has 3 rings (SSSR count). The summed E-state index contributed by atoms with van der Waals surface area (Å²) in [7, 11) is 0. The van der Waals surface area contributed by atoms with Crippen molar-refractivity contribution in [1.82, 2.24) is 10.2 Å². The van der Waals surface area contributed by atoms with Crippen molar-refractivity contribution in [2.45, 2.75) is 19.4 Å². The van der Waals surface area contributed by atoms with E-state index in [9.17, 15) is 19.2 Å².